The Hall–Kier alpha value is -3.82. The standard InChI is InChI=1S/C36H45F2N3O4/c1-5-12-41(13-6-2)36(44)27-15-23(3)14-26(19-27)35(43)40-33(18-24-16-28(37)21-29(38)17-24)34(42)22-39-32-9-7-8-25-20-30(45-4)10-11-31(25)32/h10-11,14-17,19-21,32-34,39,42H,5-9,12-13,18,22H2,1-4H3,(H,40,43)/t32-,33+,34?/m1/s1. The van der Waals surface area contributed by atoms with Crippen molar-refractivity contribution in [3.63, 3.8) is 0 Å². The molecule has 0 aliphatic heterocycles. The molecule has 3 aromatic carbocycles. The van der Waals surface area contributed by atoms with E-state index in [2.05, 4.69) is 10.6 Å². The summed E-state index contributed by atoms with van der Waals surface area (Å²) in [5.41, 5.74) is 4.07. The molecule has 0 fully saturated rings. The number of aliphatic hydroxyl groups is 1. The van der Waals surface area contributed by atoms with Gasteiger partial charge >= 0.3 is 0 Å². The van der Waals surface area contributed by atoms with Crippen molar-refractivity contribution in [2.75, 3.05) is 26.7 Å². The molecule has 0 aromatic heterocycles. The van der Waals surface area contributed by atoms with Crippen molar-refractivity contribution in [3.8, 4) is 5.75 Å². The normalized spacial score (nSPS) is 15.6. The number of carbonyl (C=O) groups is 2. The van der Waals surface area contributed by atoms with Crippen LogP contribution in [0.4, 0.5) is 8.78 Å². The van der Waals surface area contributed by atoms with Gasteiger partial charge in [0.2, 0.25) is 0 Å². The Bertz CT molecular complexity index is 1450. The van der Waals surface area contributed by atoms with Crippen LogP contribution in [0.5, 0.6) is 5.75 Å². The van der Waals surface area contributed by atoms with E-state index in [1.165, 1.54) is 17.7 Å². The summed E-state index contributed by atoms with van der Waals surface area (Å²) in [6.07, 6.45) is 3.34. The number of carbonyl (C=O) groups excluding carboxylic acids is 2. The third-order valence-electron chi connectivity index (χ3n) is 8.26. The van der Waals surface area contributed by atoms with Gasteiger partial charge in [-0.05, 0) is 110 Å². The Morgan fingerprint density at radius 3 is 2.36 bits per heavy atom. The van der Waals surface area contributed by atoms with Crippen LogP contribution in [0.2, 0.25) is 0 Å². The van der Waals surface area contributed by atoms with E-state index in [0.717, 1.165) is 55.0 Å². The zero-order valence-corrected chi connectivity index (χ0v) is 26.7. The number of aryl methyl sites for hydroxylation is 2. The van der Waals surface area contributed by atoms with Gasteiger partial charge in [-0.3, -0.25) is 9.59 Å². The van der Waals surface area contributed by atoms with Crippen molar-refractivity contribution in [3.05, 3.63) is 99.6 Å². The molecule has 1 unspecified atom stereocenters. The summed E-state index contributed by atoms with van der Waals surface area (Å²) in [4.78, 5) is 28.7. The van der Waals surface area contributed by atoms with Crippen LogP contribution >= 0.6 is 0 Å². The molecule has 3 atom stereocenters. The number of halogens is 2. The summed E-state index contributed by atoms with van der Waals surface area (Å²) in [6, 6.07) is 13.3. The number of ether oxygens (including phenoxy) is 1. The summed E-state index contributed by atoms with van der Waals surface area (Å²) in [7, 11) is 1.64. The maximum atomic E-state index is 14.1. The summed E-state index contributed by atoms with van der Waals surface area (Å²) in [6.45, 7) is 7.22. The first kappa shape index (κ1) is 34.1. The van der Waals surface area contributed by atoms with Crippen LogP contribution in [-0.2, 0) is 12.8 Å². The molecule has 1 aliphatic rings. The quantitative estimate of drug-likeness (QED) is 0.208. The number of nitrogens with one attached hydrogen (secondary N) is 2. The number of benzene rings is 3. The molecule has 9 heteroatoms. The van der Waals surface area contributed by atoms with E-state index in [1.54, 1.807) is 30.2 Å². The van der Waals surface area contributed by atoms with Crippen LogP contribution in [0.25, 0.3) is 0 Å². The Labute approximate surface area is 265 Å². The minimum atomic E-state index is -1.08. The molecule has 45 heavy (non-hydrogen) atoms. The van der Waals surface area contributed by atoms with E-state index >= 15 is 0 Å². The van der Waals surface area contributed by atoms with Gasteiger partial charge in [-0.15, -0.1) is 0 Å². The van der Waals surface area contributed by atoms with Crippen molar-refractivity contribution in [1.82, 2.24) is 15.5 Å². The zero-order chi connectivity index (χ0) is 32.5. The zero-order valence-electron chi connectivity index (χ0n) is 26.7. The van der Waals surface area contributed by atoms with Crippen molar-refractivity contribution in [2.45, 2.75) is 77.5 Å². The second kappa shape index (κ2) is 16.0. The van der Waals surface area contributed by atoms with Crippen LogP contribution in [0, 0.1) is 18.6 Å². The number of hydrogen-bond acceptors (Lipinski definition) is 5. The SMILES string of the molecule is CCCN(CCC)C(=O)c1cc(C)cc(C(=O)N[C@@H](Cc2cc(F)cc(F)c2)C(O)CN[C@@H]2CCCc3cc(OC)ccc32)c1. The summed E-state index contributed by atoms with van der Waals surface area (Å²) in [5, 5.41) is 17.8. The first-order chi connectivity index (χ1) is 21.6. The number of amides is 2. The van der Waals surface area contributed by atoms with Gasteiger partial charge < -0.3 is 25.4 Å². The molecule has 7 nitrogen and oxygen atoms in total. The summed E-state index contributed by atoms with van der Waals surface area (Å²) >= 11 is 0. The predicted octanol–water partition coefficient (Wildman–Crippen LogP) is 5.91. The van der Waals surface area contributed by atoms with Gasteiger partial charge in [0.25, 0.3) is 11.8 Å². The van der Waals surface area contributed by atoms with Crippen molar-refractivity contribution in [1.29, 1.82) is 0 Å². The first-order valence-corrected chi connectivity index (χ1v) is 15.9. The van der Waals surface area contributed by atoms with E-state index in [-0.39, 0.29) is 30.5 Å². The lowest BCUT2D eigenvalue weighted by atomic mass is 9.87. The lowest BCUT2D eigenvalue weighted by Crippen LogP contribution is -2.49. The maximum absolute atomic E-state index is 14.1. The highest BCUT2D eigenvalue weighted by Gasteiger charge is 2.27. The molecular weight excluding hydrogens is 576 g/mol. The monoisotopic (exact) mass is 621 g/mol. The number of aliphatic hydroxyl groups excluding tert-OH is 1. The minimum Gasteiger partial charge on any atom is -0.497 e. The van der Waals surface area contributed by atoms with Crippen LogP contribution in [0.1, 0.15) is 88.5 Å². The average molecular weight is 622 g/mol. The highest BCUT2D eigenvalue weighted by molar-refractivity contribution is 6.00. The van der Waals surface area contributed by atoms with Gasteiger partial charge in [-0.1, -0.05) is 19.9 Å². The Kier molecular flexibility index (Phi) is 12.1. The van der Waals surface area contributed by atoms with Crippen molar-refractivity contribution in [2.24, 2.45) is 0 Å². The fourth-order valence-electron chi connectivity index (χ4n) is 6.13. The molecule has 1 aliphatic carbocycles. The van der Waals surface area contributed by atoms with Crippen molar-refractivity contribution < 1.29 is 28.2 Å². The number of nitrogens with zero attached hydrogens (tertiary/aromatic N) is 1. The average Bonchev–Trinajstić information content (AvgIpc) is 3.01. The highest BCUT2D eigenvalue weighted by Crippen LogP contribution is 2.32. The van der Waals surface area contributed by atoms with E-state index in [9.17, 15) is 23.5 Å². The van der Waals surface area contributed by atoms with Crippen molar-refractivity contribution >= 4 is 11.8 Å². The second-order valence-corrected chi connectivity index (χ2v) is 11.9. The summed E-state index contributed by atoms with van der Waals surface area (Å²) < 4.78 is 33.5. The Morgan fingerprint density at radius 1 is 1.00 bits per heavy atom. The molecule has 0 bridgehead atoms. The number of rotatable bonds is 14. The van der Waals surface area contributed by atoms with Crippen LogP contribution in [0.3, 0.4) is 0 Å². The highest BCUT2D eigenvalue weighted by atomic mass is 19.1. The summed E-state index contributed by atoms with van der Waals surface area (Å²) in [5.74, 6) is -1.30. The number of methoxy groups -OCH3 is 1. The molecule has 0 saturated carbocycles. The molecule has 2 amide bonds. The van der Waals surface area contributed by atoms with E-state index in [0.29, 0.717) is 24.2 Å². The van der Waals surface area contributed by atoms with Gasteiger partial charge in [0.15, 0.2) is 0 Å². The topological polar surface area (TPSA) is 90.9 Å². The molecule has 0 heterocycles. The van der Waals surface area contributed by atoms with Crippen LogP contribution in [-0.4, -0.2) is 60.7 Å². The molecular formula is C36H45F2N3O4. The lowest BCUT2D eigenvalue weighted by molar-refractivity contribution is 0.0755. The first-order valence-electron chi connectivity index (χ1n) is 15.9. The molecule has 0 radical (unpaired) electrons. The molecule has 0 saturated heterocycles. The lowest BCUT2D eigenvalue weighted by Gasteiger charge is -2.30. The fourth-order valence-corrected chi connectivity index (χ4v) is 6.13. The van der Waals surface area contributed by atoms with Crippen LogP contribution in [0.15, 0.2) is 54.6 Å². The van der Waals surface area contributed by atoms with E-state index in [4.69, 9.17) is 4.74 Å². The van der Waals surface area contributed by atoms with Gasteiger partial charge in [0.05, 0.1) is 19.3 Å². The fraction of sp³-hybridized carbons (Fsp3) is 0.444. The minimum absolute atomic E-state index is 0.0000996. The molecule has 0 spiro atoms. The van der Waals surface area contributed by atoms with Gasteiger partial charge in [0, 0.05) is 42.9 Å². The molecule has 4 rings (SSSR count). The van der Waals surface area contributed by atoms with E-state index in [1.807, 2.05) is 39.0 Å². The van der Waals surface area contributed by atoms with Gasteiger partial charge in [0.1, 0.15) is 17.4 Å². The predicted molar refractivity (Wildman–Crippen MR) is 172 cm³/mol. The Balaban J connectivity index is 1.55. The third kappa shape index (κ3) is 9.11. The second-order valence-electron chi connectivity index (χ2n) is 11.9. The molecule has 242 valence electrons. The van der Waals surface area contributed by atoms with Gasteiger partial charge in [-0.2, -0.15) is 0 Å². The third-order valence-corrected chi connectivity index (χ3v) is 8.26. The van der Waals surface area contributed by atoms with Crippen LogP contribution < -0.4 is 15.4 Å². The van der Waals surface area contributed by atoms with E-state index < -0.39 is 29.7 Å². The smallest absolute Gasteiger partial charge is 0.253 e. The maximum Gasteiger partial charge on any atom is 0.253 e. The largest absolute Gasteiger partial charge is 0.497 e. The number of fused-ring (bicyclic) bond motifs is 1. The number of hydrogen-bond donors (Lipinski definition) is 3. The Morgan fingerprint density at radius 2 is 1.69 bits per heavy atom. The van der Waals surface area contributed by atoms with Gasteiger partial charge in [-0.25, -0.2) is 8.78 Å². The molecule has 3 aromatic rings. The molecule has 3 N–H and O–H groups in total.